The number of carbonyl (C=O) groups is 2. The van der Waals surface area contributed by atoms with E-state index in [2.05, 4.69) is 4.98 Å². The number of aromatic nitrogens is 1. The van der Waals surface area contributed by atoms with Gasteiger partial charge in [0.05, 0.1) is 30.9 Å². The van der Waals surface area contributed by atoms with Crippen molar-refractivity contribution in [3.63, 3.8) is 0 Å². The Hall–Kier alpha value is -3.41. The summed E-state index contributed by atoms with van der Waals surface area (Å²) in [6.07, 6.45) is 0.491. The molecule has 1 aliphatic rings. The molecule has 27 heavy (non-hydrogen) atoms. The third-order valence-electron chi connectivity index (χ3n) is 4.72. The molecule has 6 heteroatoms. The van der Waals surface area contributed by atoms with Gasteiger partial charge in [-0.25, -0.2) is 0 Å². The molecular formula is C21H18N2O4. The fourth-order valence-corrected chi connectivity index (χ4v) is 3.29. The van der Waals surface area contributed by atoms with Crippen LogP contribution in [0.1, 0.15) is 26.4 Å². The van der Waals surface area contributed by atoms with Gasteiger partial charge in [-0.3, -0.25) is 19.5 Å². The predicted molar refractivity (Wildman–Crippen MR) is 100 cm³/mol. The van der Waals surface area contributed by atoms with Gasteiger partial charge in [0, 0.05) is 24.0 Å². The van der Waals surface area contributed by atoms with E-state index in [-0.39, 0.29) is 18.4 Å². The largest absolute Gasteiger partial charge is 0.493 e. The normalized spacial score (nSPS) is 13.2. The molecule has 0 unspecified atom stereocenters. The van der Waals surface area contributed by atoms with Crippen LogP contribution in [0.25, 0.3) is 10.9 Å². The van der Waals surface area contributed by atoms with Gasteiger partial charge in [0.2, 0.25) is 0 Å². The number of para-hydroxylation sites is 1. The zero-order valence-corrected chi connectivity index (χ0v) is 15.1. The van der Waals surface area contributed by atoms with Crippen LogP contribution in [0.15, 0.2) is 48.5 Å². The van der Waals surface area contributed by atoms with Gasteiger partial charge in [-0.1, -0.05) is 24.3 Å². The van der Waals surface area contributed by atoms with Gasteiger partial charge in [-0.05, 0) is 24.3 Å². The van der Waals surface area contributed by atoms with Gasteiger partial charge in [0.25, 0.3) is 11.8 Å². The van der Waals surface area contributed by atoms with Crippen LogP contribution in [-0.4, -0.2) is 42.5 Å². The number of hydrogen-bond acceptors (Lipinski definition) is 5. The van der Waals surface area contributed by atoms with Crippen LogP contribution in [0, 0.1) is 0 Å². The molecule has 2 heterocycles. The second-order valence-electron chi connectivity index (χ2n) is 6.26. The van der Waals surface area contributed by atoms with E-state index >= 15 is 0 Å². The summed E-state index contributed by atoms with van der Waals surface area (Å²) in [5.74, 6) is 0.208. The number of nitrogens with zero attached hydrogens (tertiary/aromatic N) is 2. The van der Waals surface area contributed by atoms with Crippen molar-refractivity contribution in [2.75, 3.05) is 20.8 Å². The molecule has 0 aliphatic carbocycles. The minimum absolute atomic E-state index is 0.266. The number of rotatable bonds is 5. The van der Waals surface area contributed by atoms with Crippen molar-refractivity contribution in [3.05, 3.63) is 65.4 Å². The number of methoxy groups -OCH3 is 2. The SMILES string of the molecule is COc1cc2c(cc1OC)C(=O)N(CCc1ccc3ccccc3n1)C2=O. The second kappa shape index (κ2) is 6.72. The molecule has 0 spiro atoms. The number of imide groups is 1. The Bertz CT molecular complexity index is 1020. The fraction of sp³-hybridized carbons (Fsp3) is 0.190. The summed E-state index contributed by atoms with van der Waals surface area (Å²) >= 11 is 0. The first-order valence-corrected chi connectivity index (χ1v) is 8.59. The maximum Gasteiger partial charge on any atom is 0.261 e. The van der Waals surface area contributed by atoms with Crippen LogP contribution in [0.5, 0.6) is 11.5 Å². The monoisotopic (exact) mass is 362 g/mol. The van der Waals surface area contributed by atoms with Gasteiger partial charge in [-0.15, -0.1) is 0 Å². The lowest BCUT2D eigenvalue weighted by atomic mass is 10.1. The first-order valence-electron chi connectivity index (χ1n) is 8.59. The Balaban J connectivity index is 1.57. The van der Waals surface area contributed by atoms with E-state index in [1.807, 2.05) is 36.4 Å². The summed E-state index contributed by atoms with van der Waals surface area (Å²) < 4.78 is 10.5. The number of carbonyl (C=O) groups excluding carboxylic acids is 2. The molecule has 6 nitrogen and oxygen atoms in total. The highest BCUT2D eigenvalue weighted by Crippen LogP contribution is 2.34. The zero-order valence-electron chi connectivity index (χ0n) is 15.1. The summed E-state index contributed by atoms with van der Waals surface area (Å²) in [5.41, 5.74) is 2.40. The van der Waals surface area contributed by atoms with Crippen molar-refractivity contribution in [1.29, 1.82) is 0 Å². The van der Waals surface area contributed by atoms with Crippen LogP contribution >= 0.6 is 0 Å². The highest BCUT2D eigenvalue weighted by atomic mass is 16.5. The first-order chi connectivity index (χ1) is 13.1. The van der Waals surface area contributed by atoms with Gasteiger partial charge in [0.15, 0.2) is 11.5 Å². The lowest BCUT2D eigenvalue weighted by molar-refractivity contribution is 0.0655. The predicted octanol–water partition coefficient (Wildman–Crippen LogP) is 3.09. The van der Waals surface area contributed by atoms with Gasteiger partial charge in [-0.2, -0.15) is 0 Å². The van der Waals surface area contributed by atoms with Crippen molar-refractivity contribution >= 4 is 22.7 Å². The van der Waals surface area contributed by atoms with Crippen LogP contribution < -0.4 is 9.47 Å². The molecule has 0 bridgehead atoms. The van der Waals surface area contributed by atoms with E-state index in [1.54, 1.807) is 12.1 Å². The summed E-state index contributed by atoms with van der Waals surface area (Å²) in [5, 5.41) is 1.06. The van der Waals surface area contributed by atoms with Gasteiger partial charge >= 0.3 is 0 Å². The van der Waals surface area contributed by atoms with Crippen molar-refractivity contribution in [3.8, 4) is 11.5 Å². The number of amides is 2. The number of benzene rings is 2. The number of hydrogen-bond donors (Lipinski definition) is 0. The number of ether oxygens (including phenoxy) is 2. The first kappa shape index (κ1) is 17.0. The molecule has 2 aromatic carbocycles. The van der Waals surface area contributed by atoms with Crippen molar-refractivity contribution in [1.82, 2.24) is 9.88 Å². The summed E-state index contributed by atoms with van der Waals surface area (Å²) in [6, 6.07) is 14.9. The summed E-state index contributed by atoms with van der Waals surface area (Å²) in [6.45, 7) is 0.266. The highest BCUT2D eigenvalue weighted by molar-refractivity contribution is 6.21. The molecule has 3 aromatic rings. The molecule has 0 saturated heterocycles. The van der Waals surface area contributed by atoms with E-state index in [0.717, 1.165) is 16.6 Å². The lowest BCUT2D eigenvalue weighted by Crippen LogP contribution is -2.31. The molecule has 1 aliphatic heterocycles. The summed E-state index contributed by atoms with van der Waals surface area (Å²) in [4.78, 5) is 31.2. The van der Waals surface area contributed by atoms with Crippen molar-refractivity contribution < 1.29 is 19.1 Å². The summed E-state index contributed by atoms with van der Waals surface area (Å²) in [7, 11) is 2.99. The van der Waals surface area contributed by atoms with Crippen LogP contribution in [0.3, 0.4) is 0 Å². The quantitative estimate of drug-likeness (QED) is 0.653. The average molecular weight is 362 g/mol. The molecule has 1 aromatic heterocycles. The molecule has 0 radical (unpaired) electrons. The Labute approximate surface area is 156 Å². The minimum Gasteiger partial charge on any atom is -0.493 e. The molecular weight excluding hydrogens is 344 g/mol. The molecule has 0 fully saturated rings. The second-order valence-corrected chi connectivity index (χ2v) is 6.26. The minimum atomic E-state index is -0.322. The molecule has 4 rings (SSSR count). The molecule has 2 amide bonds. The topological polar surface area (TPSA) is 68.7 Å². The Kier molecular flexibility index (Phi) is 4.24. The fourth-order valence-electron chi connectivity index (χ4n) is 3.29. The maximum atomic E-state index is 12.7. The zero-order chi connectivity index (χ0) is 19.0. The van der Waals surface area contributed by atoms with E-state index < -0.39 is 0 Å². The van der Waals surface area contributed by atoms with Gasteiger partial charge < -0.3 is 9.47 Å². The van der Waals surface area contributed by atoms with Gasteiger partial charge in [0.1, 0.15) is 0 Å². The van der Waals surface area contributed by atoms with E-state index in [0.29, 0.717) is 29.0 Å². The molecule has 0 N–H and O–H groups in total. The van der Waals surface area contributed by atoms with Crippen molar-refractivity contribution in [2.45, 2.75) is 6.42 Å². The van der Waals surface area contributed by atoms with Crippen LogP contribution in [-0.2, 0) is 6.42 Å². The molecule has 0 saturated carbocycles. The number of fused-ring (bicyclic) bond motifs is 2. The lowest BCUT2D eigenvalue weighted by Gasteiger charge is -2.13. The van der Waals surface area contributed by atoms with E-state index in [4.69, 9.17) is 9.47 Å². The third-order valence-corrected chi connectivity index (χ3v) is 4.72. The van der Waals surface area contributed by atoms with Crippen LogP contribution in [0.4, 0.5) is 0 Å². The maximum absolute atomic E-state index is 12.7. The van der Waals surface area contributed by atoms with Crippen LogP contribution in [0.2, 0.25) is 0 Å². The number of pyridine rings is 1. The van der Waals surface area contributed by atoms with E-state index in [1.165, 1.54) is 19.1 Å². The Morgan fingerprint density at radius 3 is 2.15 bits per heavy atom. The average Bonchev–Trinajstić information content (AvgIpc) is 2.94. The van der Waals surface area contributed by atoms with Crippen molar-refractivity contribution in [2.24, 2.45) is 0 Å². The Morgan fingerprint density at radius 1 is 0.889 bits per heavy atom. The third kappa shape index (κ3) is 2.89. The van der Waals surface area contributed by atoms with E-state index in [9.17, 15) is 9.59 Å². The standard InChI is InChI=1S/C21H18N2O4/c1-26-18-11-15-16(12-19(18)27-2)21(25)23(20(15)24)10-9-14-8-7-13-5-3-4-6-17(13)22-14/h3-8,11-12H,9-10H2,1-2H3. The smallest absolute Gasteiger partial charge is 0.261 e. The Morgan fingerprint density at radius 2 is 1.52 bits per heavy atom. The molecule has 0 atom stereocenters. The molecule has 136 valence electrons. The highest BCUT2D eigenvalue weighted by Gasteiger charge is 2.36.